The van der Waals surface area contributed by atoms with Gasteiger partial charge in [-0.25, -0.2) is 18.4 Å². The van der Waals surface area contributed by atoms with E-state index in [2.05, 4.69) is 32.4 Å². The van der Waals surface area contributed by atoms with Crippen LogP contribution >= 0.6 is 0 Å². The van der Waals surface area contributed by atoms with Crippen molar-refractivity contribution in [2.75, 3.05) is 6.26 Å². The van der Waals surface area contributed by atoms with Gasteiger partial charge < -0.3 is 15.7 Å². The average Bonchev–Trinajstić information content (AvgIpc) is 2.65. The minimum atomic E-state index is -3.46. The van der Waals surface area contributed by atoms with Crippen molar-refractivity contribution in [3.8, 4) is 11.8 Å². The van der Waals surface area contributed by atoms with Crippen molar-refractivity contribution in [3.63, 3.8) is 0 Å². The van der Waals surface area contributed by atoms with Crippen molar-refractivity contribution < 1.29 is 27.9 Å². The summed E-state index contributed by atoms with van der Waals surface area (Å²) in [7, 11) is -3.46. The van der Waals surface area contributed by atoms with Gasteiger partial charge in [-0.2, -0.15) is 0 Å². The van der Waals surface area contributed by atoms with E-state index < -0.39 is 33.8 Å². The molecule has 164 valence electrons. The zero-order valence-corrected chi connectivity index (χ0v) is 18.1. The van der Waals surface area contributed by atoms with Gasteiger partial charge in [0.05, 0.1) is 5.56 Å². The Balaban J connectivity index is 2.51. The van der Waals surface area contributed by atoms with Crippen LogP contribution in [0.2, 0.25) is 0 Å². The van der Waals surface area contributed by atoms with Gasteiger partial charge in [-0.1, -0.05) is 25.7 Å². The van der Waals surface area contributed by atoms with Crippen LogP contribution < -0.4 is 10.6 Å². The Morgan fingerprint density at radius 3 is 2.23 bits per heavy atom. The number of carbonyl (C=O) groups excluding carboxylic acids is 2. The Kier molecular flexibility index (Phi) is 9.39. The first-order valence-corrected chi connectivity index (χ1v) is 11.1. The van der Waals surface area contributed by atoms with Crippen LogP contribution in [0.25, 0.3) is 0 Å². The number of unbranched alkanes of at least 4 members (excludes halogenated alkanes) is 1. The molecule has 0 saturated carbocycles. The molecule has 0 fully saturated rings. The molecule has 11 heteroatoms. The van der Waals surface area contributed by atoms with E-state index in [0.717, 1.165) is 6.26 Å². The number of carbonyl (C=O) groups is 3. The van der Waals surface area contributed by atoms with Gasteiger partial charge in [-0.05, 0) is 19.3 Å². The lowest BCUT2D eigenvalue weighted by Crippen LogP contribution is -2.53. The highest BCUT2D eigenvalue weighted by atomic mass is 32.2. The van der Waals surface area contributed by atoms with Crippen LogP contribution in [0.5, 0.6) is 0 Å². The van der Waals surface area contributed by atoms with Crippen LogP contribution in [0.4, 0.5) is 0 Å². The maximum atomic E-state index is 12.2. The number of sulfone groups is 1. The van der Waals surface area contributed by atoms with Crippen molar-refractivity contribution in [1.82, 2.24) is 20.6 Å². The smallest absolute Gasteiger partial charge is 0.325 e. The summed E-state index contributed by atoms with van der Waals surface area (Å²) < 4.78 is 22.6. The second-order valence-corrected chi connectivity index (χ2v) is 8.95. The molecule has 1 aromatic rings. The van der Waals surface area contributed by atoms with Crippen molar-refractivity contribution >= 4 is 27.6 Å². The molecule has 2 atom stereocenters. The lowest BCUT2D eigenvalue weighted by Gasteiger charge is -2.22. The molecule has 0 radical (unpaired) electrons. The molecule has 10 nitrogen and oxygen atoms in total. The molecule has 1 rings (SSSR count). The monoisotopic (exact) mass is 438 g/mol. The molecule has 0 aliphatic heterocycles. The zero-order chi connectivity index (χ0) is 22.9. The number of hydrogen-bond acceptors (Lipinski definition) is 7. The van der Waals surface area contributed by atoms with Gasteiger partial charge in [0, 0.05) is 31.5 Å². The molecule has 1 heterocycles. The van der Waals surface area contributed by atoms with Crippen molar-refractivity contribution in [2.45, 2.75) is 57.3 Å². The van der Waals surface area contributed by atoms with Gasteiger partial charge in [0.1, 0.15) is 12.1 Å². The van der Waals surface area contributed by atoms with Gasteiger partial charge in [0.15, 0.2) is 0 Å². The standard InChI is InChI=1S/C19H26N4O6S/c1-12(2)16(17(25)22-13(3)18(26)27)23-15(24)9-7-5-6-8-14-10-20-19(21-11-14)30(4,28)29/h10-13,16H,5,7,9H2,1-4H3,(H,22,25)(H,23,24)(H,26,27)/t13-,16-/m0/s1. The Morgan fingerprint density at radius 2 is 1.73 bits per heavy atom. The number of rotatable bonds is 9. The summed E-state index contributed by atoms with van der Waals surface area (Å²) in [6, 6.07) is -1.89. The van der Waals surface area contributed by atoms with Crippen LogP contribution in [0, 0.1) is 17.8 Å². The van der Waals surface area contributed by atoms with Crippen LogP contribution in [0.3, 0.4) is 0 Å². The molecular weight excluding hydrogens is 412 g/mol. The minimum Gasteiger partial charge on any atom is -0.480 e. The molecule has 3 N–H and O–H groups in total. The summed E-state index contributed by atoms with van der Waals surface area (Å²) in [5.41, 5.74) is 0.455. The first-order valence-electron chi connectivity index (χ1n) is 9.25. The first-order chi connectivity index (χ1) is 13.9. The average molecular weight is 439 g/mol. The predicted octanol–water partition coefficient (Wildman–Crippen LogP) is 0.132. The second-order valence-electron chi connectivity index (χ2n) is 7.04. The number of nitrogens with zero attached hydrogens (tertiary/aromatic N) is 2. The number of hydrogen-bond donors (Lipinski definition) is 3. The quantitative estimate of drug-likeness (QED) is 0.279. The van der Waals surface area contributed by atoms with Gasteiger partial charge in [-0.3, -0.25) is 14.4 Å². The molecule has 0 bridgehead atoms. The van der Waals surface area contributed by atoms with E-state index in [4.69, 9.17) is 5.11 Å². The van der Waals surface area contributed by atoms with Crippen LogP contribution in [0.15, 0.2) is 17.6 Å². The highest BCUT2D eigenvalue weighted by molar-refractivity contribution is 7.90. The highest BCUT2D eigenvalue weighted by Gasteiger charge is 2.26. The van der Waals surface area contributed by atoms with E-state index >= 15 is 0 Å². The van der Waals surface area contributed by atoms with Crippen LogP contribution in [-0.2, 0) is 24.2 Å². The molecule has 0 aliphatic carbocycles. The number of amides is 2. The normalized spacial score (nSPS) is 13.0. The zero-order valence-electron chi connectivity index (χ0n) is 17.3. The Bertz CT molecular complexity index is 932. The number of nitrogens with one attached hydrogen (secondary N) is 2. The highest BCUT2D eigenvalue weighted by Crippen LogP contribution is 2.05. The summed E-state index contributed by atoms with van der Waals surface area (Å²) in [5, 5.41) is 13.6. The molecular formula is C19H26N4O6S. The molecule has 0 saturated heterocycles. The van der Waals surface area contributed by atoms with Crippen LogP contribution in [-0.4, -0.2) is 59.6 Å². The Morgan fingerprint density at radius 1 is 1.13 bits per heavy atom. The number of carboxylic acids is 1. The largest absolute Gasteiger partial charge is 0.480 e. The fourth-order valence-electron chi connectivity index (χ4n) is 2.22. The van der Waals surface area contributed by atoms with Gasteiger partial charge in [0.2, 0.25) is 26.8 Å². The number of aliphatic carboxylic acids is 1. The summed E-state index contributed by atoms with van der Waals surface area (Å²) in [6.07, 6.45) is 4.62. The molecule has 0 unspecified atom stereocenters. The third-order valence-electron chi connectivity index (χ3n) is 3.89. The topological polar surface area (TPSA) is 155 Å². The molecule has 0 aliphatic rings. The van der Waals surface area contributed by atoms with E-state index in [1.807, 2.05) is 0 Å². The lowest BCUT2D eigenvalue weighted by molar-refractivity contribution is -0.142. The summed E-state index contributed by atoms with van der Waals surface area (Å²) in [4.78, 5) is 42.6. The van der Waals surface area contributed by atoms with Gasteiger partial charge in [-0.15, -0.1) is 0 Å². The fraction of sp³-hybridized carbons (Fsp3) is 0.526. The van der Waals surface area contributed by atoms with Gasteiger partial charge in [0.25, 0.3) is 0 Å². The predicted molar refractivity (Wildman–Crippen MR) is 108 cm³/mol. The third kappa shape index (κ3) is 8.57. The van der Waals surface area contributed by atoms with E-state index in [1.54, 1.807) is 13.8 Å². The molecule has 1 aromatic heterocycles. The van der Waals surface area contributed by atoms with E-state index in [1.165, 1.54) is 19.3 Å². The number of carboxylic acid groups (broad SMARTS) is 1. The lowest BCUT2D eigenvalue weighted by atomic mass is 10.0. The number of aromatic nitrogens is 2. The molecule has 0 spiro atoms. The Hall–Kier alpha value is -3.00. The maximum absolute atomic E-state index is 12.2. The Labute approximate surface area is 175 Å². The van der Waals surface area contributed by atoms with Crippen molar-refractivity contribution in [3.05, 3.63) is 18.0 Å². The second kappa shape index (κ2) is 11.3. The summed E-state index contributed by atoms with van der Waals surface area (Å²) >= 11 is 0. The first kappa shape index (κ1) is 25.0. The summed E-state index contributed by atoms with van der Waals surface area (Å²) in [5.74, 6) is 3.37. The van der Waals surface area contributed by atoms with Gasteiger partial charge >= 0.3 is 5.97 Å². The minimum absolute atomic E-state index is 0.142. The SMILES string of the molecule is CC(C)[C@H](NC(=O)CCCC#Cc1cnc(S(C)(=O)=O)nc1)C(=O)N[C@@H](C)C(=O)O. The third-order valence-corrected chi connectivity index (χ3v) is 4.77. The molecule has 30 heavy (non-hydrogen) atoms. The van der Waals surface area contributed by atoms with E-state index in [0.29, 0.717) is 18.4 Å². The molecule has 0 aromatic carbocycles. The van der Waals surface area contributed by atoms with E-state index in [9.17, 15) is 22.8 Å². The van der Waals surface area contributed by atoms with Crippen LogP contribution in [0.1, 0.15) is 45.6 Å². The summed E-state index contributed by atoms with van der Waals surface area (Å²) in [6.45, 7) is 4.84. The van der Waals surface area contributed by atoms with Crippen molar-refractivity contribution in [2.24, 2.45) is 5.92 Å². The maximum Gasteiger partial charge on any atom is 0.325 e. The molecule has 2 amide bonds. The van der Waals surface area contributed by atoms with Crippen molar-refractivity contribution in [1.29, 1.82) is 0 Å². The fourth-order valence-corrected chi connectivity index (χ4v) is 2.71. The van der Waals surface area contributed by atoms with E-state index in [-0.39, 0.29) is 23.4 Å².